The summed E-state index contributed by atoms with van der Waals surface area (Å²) in [5.74, 6) is 0. The molecule has 0 aromatic carbocycles. The fraction of sp³-hybridized carbons (Fsp3) is 0.400. The van der Waals surface area contributed by atoms with Crippen molar-refractivity contribution in [2.75, 3.05) is 0 Å². The van der Waals surface area contributed by atoms with E-state index in [2.05, 4.69) is 20.9 Å². The van der Waals surface area contributed by atoms with Crippen molar-refractivity contribution in [1.29, 1.82) is 0 Å². The summed E-state index contributed by atoms with van der Waals surface area (Å²) in [4.78, 5) is 13.3. The second-order valence-electron chi connectivity index (χ2n) is 1.69. The van der Waals surface area contributed by atoms with Crippen LogP contribution in [0.3, 0.4) is 0 Å². The predicted molar refractivity (Wildman–Crippen MR) is 38.4 cm³/mol. The minimum absolute atomic E-state index is 0.0654. The second kappa shape index (κ2) is 2.39. The third-order valence-electron chi connectivity index (χ3n) is 1.10. The van der Waals surface area contributed by atoms with Gasteiger partial charge in [-0.15, -0.1) is 0 Å². The lowest BCUT2D eigenvalue weighted by Crippen LogP contribution is -2.14. The lowest BCUT2D eigenvalue weighted by molar-refractivity contribution is 0.729. The van der Waals surface area contributed by atoms with Crippen LogP contribution in [0.4, 0.5) is 0 Å². The third-order valence-corrected chi connectivity index (χ3v) is 1.50. The number of hydrogen-bond donors (Lipinski definition) is 1. The topological polar surface area (TPSA) is 37.8 Å². The van der Waals surface area contributed by atoms with Gasteiger partial charge in [0.1, 0.15) is 4.60 Å². The van der Waals surface area contributed by atoms with E-state index >= 15 is 0 Å². The molecule has 1 heterocycles. The molecule has 0 aliphatic carbocycles. The van der Waals surface area contributed by atoms with E-state index in [1.54, 1.807) is 10.8 Å². The molecule has 9 heavy (non-hydrogen) atoms. The standard InChI is InChI=1S/C5H7BrN2O/c1-2-8-3-4(6)7-5(8)9/h3H,2H2,1H3,(H,7,9). The first kappa shape index (κ1) is 6.61. The molecule has 0 bridgehead atoms. The summed E-state index contributed by atoms with van der Waals surface area (Å²) >= 11 is 3.15. The largest absolute Gasteiger partial charge is 0.326 e. The van der Waals surface area contributed by atoms with Crippen LogP contribution in [0, 0.1) is 0 Å². The molecule has 1 N–H and O–H groups in total. The normalized spacial score (nSPS) is 10.0. The van der Waals surface area contributed by atoms with Gasteiger partial charge >= 0.3 is 5.69 Å². The Labute approximate surface area is 60.8 Å². The molecule has 0 saturated carbocycles. The Balaban J connectivity index is 3.16. The summed E-state index contributed by atoms with van der Waals surface area (Å²) in [6, 6.07) is 0. The summed E-state index contributed by atoms with van der Waals surface area (Å²) in [6.07, 6.45) is 1.72. The quantitative estimate of drug-likeness (QED) is 0.705. The summed E-state index contributed by atoms with van der Waals surface area (Å²) in [5, 5.41) is 0. The van der Waals surface area contributed by atoms with E-state index in [-0.39, 0.29) is 5.69 Å². The first-order valence-corrected chi connectivity index (χ1v) is 3.48. The lowest BCUT2D eigenvalue weighted by atomic mass is 10.7. The van der Waals surface area contributed by atoms with Crippen LogP contribution in [0.5, 0.6) is 0 Å². The lowest BCUT2D eigenvalue weighted by Gasteiger charge is -1.87. The van der Waals surface area contributed by atoms with Crippen molar-refractivity contribution in [1.82, 2.24) is 9.55 Å². The van der Waals surface area contributed by atoms with Crippen molar-refractivity contribution in [2.45, 2.75) is 13.5 Å². The van der Waals surface area contributed by atoms with Crippen molar-refractivity contribution >= 4 is 15.9 Å². The molecular weight excluding hydrogens is 184 g/mol. The van der Waals surface area contributed by atoms with Gasteiger partial charge in [-0.25, -0.2) is 4.79 Å². The minimum atomic E-state index is -0.0654. The highest BCUT2D eigenvalue weighted by molar-refractivity contribution is 9.10. The molecule has 1 aromatic rings. The first-order chi connectivity index (χ1) is 4.24. The van der Waals surface area contributed by atoms with Crippen LogP contribution < -0.4 is 5.69 Å². The van der Waals surface area contributed by atoms with Crippen molar-refractivity contribution < 1.29 is 0 Å². The molecule has 0 unspecified atom stereocenters. The average Bonchev–Trinajstić information content (AvgIpc) is 2.10. The highest BCUT2D eigenvalue weighted by atomic mass is 79.9. The zero-order chi connectivity index (χ0) is 6.85. The Morgan fingerprint density at radius 2 is 2.56 bits per heavy atom. The van der Waals surface area contributed by atoms with Crippen LogP contribution in [0.15, 0.2) is 15.6 Å². The number of rotatable bonds is 1. The molecule has 0 amide bonds. The first-order valence-electron chi connectivity index (χ1n) is 2.69. The highest BCUT2D eigenvalue weighted by Crippen LogP contribution is 1.99. The molecule has 0 aliphatic heterocycles. The molecule has 1 rings (SSSR count). The maximum atomic E-state index is 10.7. The van der Waals surface area contributed by atoms with Gasteiger partial charge in [-0.05, 0) is 22.9 Å². The molecule has 1 aromatic heterocycles. The molecule has 0 saturated heterocycles. The van der Waals surface area contributed by atoms with Crippen molar-refractivity contribution in [3.63, 3.8) is 0 Å². The number of aryl methyl sites for hydroxylation is 1. The fourth-order valence-corrected chi connectivity index (χ4v) is 1.05. The van der Waals surface area contributed by atoms with Gasteiger partial charge in [0.2, 0.25) is 0 Å². The smallest absolute Gasteiger partial charge is 0.300 e. The van der Waals surface area contributed by atoms with E-state index in [1.165, 1.54) is 0 Å². The van der Waals surface area contributed by atoms with Gasteiger partial charge in [-0.2, -0.15) is 0 Å². The van der Waals surface area contributed by atoms with Crippen molar-refractivity contribution in [3.8, 4) is 0 Å². The van der Waals surface area contributed by atoms with Crippen molar-refractivity contribution in [3.05, 3.63) is 21.3 Å². The number of aromatic nitrogens is 2. The Kier molecular flexibility index (Phi) is 1.75. The molecule has 0 spiro atoms. The van der Waals surface area contributed by atoms with E-state index in [1.807, 2.05) is 6.92 Å². The molecule has 0 fully saturated rings. The number of aromatic amines is 1. The van der Waals surface area contributed by atoms with Gasteiger partial charge < -0.3 is 4.98 Å². The summed E-state index contributed by atoms with van der Waals surface area (Å²) in [5.41, 5.74) is -0.0654. The van der Waals surface area contributed by atoms with Gasteiger partial charge in [-0.1, -0.05) is 0 Å². The zero-order valence-electron chi connectivity index (χ0n) is 5.02. The van der Waals surface area contributed by atoms with E-state index < -0.39 is 0 Å². The maximum absolute atomic E-state index is 10.7. The van der Waals surface area contributed by atoms with E-state index in [0.717, 1.165) is 4.60 Å². The van der Waals surface area contributed by atoms with Crippen LogP contribution >= 0.6 is 15.9 Å². The molecule has 3 nitrogen and oxygen atoms in total. The molecular formula is C5H7BrN2O. The highest BCUT2D eigenvalue weighted by Gasteiger charge is 1.94. The second-order valence-corrected chi connectivity index (χ2v) is 2.55. The van der Waals surface area contributed by atoms with Crippen molar-refractivity contribution in [2.24, 2.45) is 0 Å². The average molecular weight is 191 g/mol. The number of hydrogen-bond acceptors (Lipinski definition) is 1. The summed E-state index contributed by atoms with van der Waals surface area (Å²) in [6.45, 7) is 2.63. The Morgan fingerprint density at radius 3 is 2.78 bits per heavy atom. The number of nitrogens with one attached hydrogen (secondary N) is 1. The van der Waals surface area contributed by atoms with Gasteiger partial charge in [0.05, 0.1) is 0 Å². The number of nitrogens with zero attached hydrogens (tertiary/aromatic N) is 1. The molecule has 4 heteroatoms. The number of halogens is 1. The number of imidazole rings is 1. The summed E-state index contributed by atoms with van der Waals surface area (Å²) < 4.78 is 2.32. The van der Waals surface area contributed by atoms with Gasteiger partial charge in [0.15, 0.2) is 0 Å². The van der Waals surface area contributed by atoms with Gasteiger partial charge in [0.25, 0.3) is 0 Å². The summed E-state index contributed by atoms with van der Waals surface area (Å²) in [7, 11) is 0. The predicted octanol–water partition coefficient (Wildman–Crippen LogP) is 0.959. The molecule has 0 atom stereocenters. The Bertz CT molecular complexity index is 250. The van der Waals surface area contributed by atoms with Crippen LogP contribution in [0.2, 0.25) is 0 Å². The Morgan fingerprint density at radius 1 is 1.89 bits per heavy atom. The van der Waals surface area contributed by atoms with Crippen LogP contribution in [-0.2, 0) is 6.54 Å². The molecule has 0 aliphatic rings. The monoisotopic (exact) mass is 190 g/mol. The maximum Gasteiger partial charge on any atom is 0.326 e. The third kappa shape index (κ3) is 1.24. The molecule has 50 valence electrons. The minimum Gasteiger partial charge on any atom is -0.300 e. The van der Waals surface area contributed by atoms with Gasteiger partial charge in [-0.3, -0.25) is 4.57 Å². The number of H-pyrrole nitrogens is 1. The van der Waals surface area contributed by atoms with Crippen LogP contribution in [0.25, 0.3) is 0 Å². The fourth-order valence-electron chi connectivity index (χ4n) is 0.637. The van der Waals surface area contributed by atoms with Crippen LogP contribution in [0.1, 0.15) is 6.92 Å². The van der Waals surface area contributed by atoms with Gasteiger partial charge in [0, 0.05) is 12.7 Å². The van der Waals surface area contributed by atoms with E-state index in [9.17, 15) is 4.79 Å². The van der Waals surface area contributed by atoms with E-state index in [4.69, 9.17) is 0 Å². The van der Waals surface area contributed by atoms with Crippen LogP contribution in [-0.4, -0.2) is 9.55 Å². The SMILES string of the molecule is CCn1cc(Br)[nH]c1=O. The molecule has 0 radical (unpaired) electrons. The zero-order valence-corrected chi connectivity index (χ0v) is 6.60. The Hall–Kier alpha value is -0.510. The van der Waals surface area contributed by atoms with E-state index in [0.29, 0.717) is 6.54 Å².